The Hall–Kier alpha value is -3.87. The number of benzene rings is 3. The van der Waals surface area contributed by atoms with E-state index in [-0.39, 0.29) is 28.8 Å². The van der Waals surface area contributed by atoms with E-state index in [1.54, 1.807) is 36.4 Å². The molecule has 1 aliphatic heterocycles. The molecule has 0 aliphatic carbocycles. The van der Waals surface area contributed by atoms with Crippen LogP contribution in [0.3, 0.4) is 0 Å². The van der Waals surface area contributed by atoms with Gasteiger partial charge in [-0.1, -0.05) is 28.8 Å². The van der Waals surface area contributed by atoms with E-state index in [9.17, 15) is 28.4 Å². The number of aromatic hydroxyl groups is 1. The van der Waals surface area contributed by atoms with E-state index in [1.165, 1.54) is 47.5 Å². The second-order valence-corrected chi connectivity index (χ2v) is 9.76. The number of hydrogen-bond acceptors (Lipinski definition) is 8. The van der Waals surface area contributed by atoms with Gasteiger partial charge in [-0.3, -0.25) is 19.9 Å². The van der Waals surface area contributed by atoms with Crippen LogP contribution in [-0.2, 0) is 10.0 Å². The normalized spacial score (nSPS) is 16.5. The van der Waals surface area contributed by atoms with Crippen LogP contribution in [0.4, 0.5) is 17.1 Å². The topological polar surface area (TPSA) is 133 Å². The number of phenols is 1. The van der Waals surface area contributed by atoms with Gasteiger partial charge in [-0.25, -0.2) is 8.42 Å². The Morgan fingerprint density at radius 2 is 1.65 bits per heavy atom. The van der Waals surface area contributed by atoms with Gasteiger partial charge < -0.3 is 10.4 Å². The van der Waals surface area contributed by atoms with Crippen molar-refractivity contribution in [3.63, 3.8) is 0 Å². The van der Waals surface area contributed by atoms with Crippen LogP contribution in [-0.4, -0.2) is 34.7 Å². The number of anilines is 2. The number of amides is 1. The number of carbonyl (C=O) groups is 1. The monoisotopic (exact) mass is 498 g/mol. The minimum absolute atomic E-state index is 0.0211. The first-order valence-corrected chi connectivity index (χ1v) is 11.7. The highest BCUT2D eigenvalue weighted by molar-refractivity contribution is 8.02. The zero-order valence-electron chi connectivity index (χ0n) is 17.4. The van der Waals surface area contributed by atoms with Crippen LogP contribution in [0.15, 0.2) is 77.7 Å². The fraction of sp³-hybridized carbons (Fsp3) is 0.0455. The molecule has 12 heteroatoms. The highest BCUT2D eigenvalue weighted by atomic mass is 32.3. The number of hydrazine groups is 1. The van der Waals surface area contributed by atoms with Crippen molar-refractivity contribution in [3.05, 3.63) is 98.9 Å². The molecule has 1 fully saturated rings. The molecule has 0 saturated carbocycles. The standard InChI is InChI=1S/C22H18N4O6S2/c27-20-11-5-17(6-12-20)23-22(28)16-3-1-15(2-4-16)13-21-14-24(26(33)34(21,31)32)18-7-9-19(10-8-18)25(29)30/h1-13,27,33H,14H2,(H,23,28)/b21-13-. The Kier molecular flexibility index (Phi) is 6.28. The lowest BCUT2D eigenvalue weighted by molar-refractivity contribution is -0.384. The molecule has 1 aliphatic rings. The molecule has 1 heterocycles. The molecule has 0 spiro atoms. The summed E-state index contributed by atoms with van der Waals surface area (Å²) in [4.78, 5) is 22.8. The Labute approximate surface area is 200 Å². The molecular formula is C22H18N4O6S2. The van der Waals surface area contributed by atoms with E-state index >= 15 is 0 Å². The lowest BCUT2D eigenvalue weighted by atomic mass is 10.1. The molecule has 0 bridgehead atoms. The van der Waals surface area contributed by atoms with Gasteiger partial charge in [0.05, 0.1) is 22.1 Å². The average Bonchev–Trinajstić information content (AvgIpc) is 3.04. The van der Waals surface area contributed by atoms with Crippen molar-refractivity contribution in [3.8, 4) is 5.75 Å². The van der Waals surface area contributed by atoms with Crippen LogP contribution in [0.1, 0.15) is 15.9 Å². The number of carbonyl (C=O) groups excluding carboxylic acids is 1. The molecule has 10 nitrogen and oxygen atoms in total. The fourth-order valence-electron chi connectivity index (χ4n) is 3.25. The molecule has 0 radical (unpaired) electrons. The summed E-state index contributed by atoms with van der Waals surface area (Å²) >= 11 is 4.10. The maximum Gasteiger partial charge on any atom is 0.269 e. The second-order valence-electron chi connectivity index (χ2n) is 7.29. The number of non-ortho nitro benzene ring substituents is 1. The molecule has 0 aromatic heterocycles. The van der Waals surface area contributed by atoms with E-state index in [0.29, 0.717) is 22.5 Å². The summed E-state index contributed by atoms with van der Waals surface area (Å²) in [6, 6.07) is 17.9. The Morgan fingerprint density at radius 3 is 2.24 bits per heavy atom. The summed E-state index contributed by atoms with van der Waals surface area (Å²) in [6.45, 7) is -0.0211. The minimum Gasteiger partial charge on any atom is -0.508 e. The Morgan fingerprint density at radius 1 is 1.03 bits per heavy atom. The molecule has 3 aromatic rings. The zero-order valence-corrected chi connectivity index (χ0v) is 19.1. The molecule has 34 heavy (non-hydrogen) atoms. The predicted molar refractivity (Wildman–Crippen MR) is 131 cm³/mol. The summed E-state index contributed by atoms with van der Waals surface area (Å²) in [5.74, 6) is -0.270. The van der Waals surface area contributed by atoms with E-state index in [1.807, 2.05) is 0 Å². The first-order chi connectivity index (χ1) is 16.1. The van der Waals surface area contributed by atoms with Crippen LogP contribution in [0.25, 0.3) is 6.08 Å². The zero-order chi connectivity index (χ0) is 24.5. The summed E-state index contributed by atoms with van der Waals surface area (Å²) in [5.41, 5.74) is 1.77. The van der Waals surface area contributed by atoms with Crippen molar-refractivity contribution in [1.82, 2.24) is 3.82 Å². The van der Waals surface area contributed by atoms with Crippen molar-refractivity contribution >= 4 is 51.9 Å². The lowest BCUT2D eigenvalue weighted by Gasteiger charge is -2.21. The number of nitrogens with one attached hydrogen (secondary N) is 1. The largest absolute Gasteiger partial charge is 0.508 e. The quantitative estimate of drug-likeness (QED) is 0.211. The minimum atomic E-state index is -3.91. The van der Waals surface area contributed by atoms with Crippen LogP contribution in [0.5, 0.6) is 5.75 Å². The van der Waals surface area contributed by atoms with Crippen molar-refractivity contribution in [1.29, 1.82) is 0 Å². The third-order valence-electron chi connectivity index (χ3n) is 5.04. The number of nitro groups is 1. The van der Waals surface area contributed by atoms with Gasteiger partial charge in [0.1, 0.15) is 5.75 Å². The average molecular weight is 499 g/mol. The summed E-state index contributed by atoms with van der Waals surface area (Å²) in [6.07, 6.45) is 1.48. The number of thiol groups is 1. The predicted octanol–water partition coefficient (Wildman–Crippen LogP) is 3.81. The van der Waals surface area contributed by atoms with E-state index in [4.69, 9.17) is 0 Å². The van der Waals surface area contributed by atoms with E-state index in [0.717, 1.165) is 3.82 Å². The first kappa shape index (κ1) is 23.3. The van der Waals surface area contributed by atoms with Crippen molar-refractivity contribution < 1.29 is 23.2 Å². The van der Waals surface area contributed by atoms with Crippen molar-refractivity contribution in [2.24, 2.45) is 0 Å². The van der Waals surface area contributed by atoms with Crippen LogP contribution in [0, 0.1) is 10.1 Å². The summed E-state index contributed by atoms with van der Waals surface area (Å²) in [7, 11) is -3.91. The van der Waals surface area contributed by atoms with Crippen LogP contribution in [0.2, 0.25) is 0 Å². The Bertz CT molecular complexity index is 1370. The molecule has 2 N–H and O–H groups in total. The number of phenolic OH excluding ortho intramolecular Hbond substituents is 1. The van der Waals surface area contributed by atoms with E-state index in [2.05, 4.69) is 18.1 Å². The van der Waals surface area contributed by atoms with Crippen molar-refractivity contribution in [2.45, 2.75) is 0 Å². The maximum atomic E-state index is 12.8. The second kappa shape index (κ2) is 9.17. The summed E-state index contributed by atoms with van der Waals surface area (Å²) < 4.78 is 26.4. The fourth-order valence-corrected chi connectivity index (χ4v) is 4.92. The van der Waals surface area contributed by atoms with Crippen LogP contribution >= 0.6 is 12.8 Å². The van der Waals surface area contributed by atoms with Gasteiger partial charge in [0, 0.05) is 23.4 Å². The van der Waals surface area contributed by atoms with Gasteiger partial charge in [-0.2, -0.15) is 0 Å². The first-order valence-electron chi connectivity index (χ1n) is 9.82. The Balaban J connectivity index is 1.52. The molecule has 1 saturated heterocycles. The third kappa shape index (κ3) is 4.73. The van der Waals surface area contributed by atoms with Gasteiger partial charge in [0.15, 0.2) is 0 Å². The highest BCUT2D eigenvalue weighted by Gasteiger charge is 2.39. The van der Waals surface area contributed by atoms with E-state index < -0.39 is 14.9 Å². The molecule has 1 amide bonds. The molecule has 4 rings (SSSR count). The van der Waals surface area contributed by atoms with Crippen LogP contribution < -0.4 is 10.3 Å². The molecule has 0 atom stereocenters. The third-order valence-corrected chi connectivity index (χ3v) is 7.44. The SMILES string of the molecule is O=C(Nc1ccc(O)cc1)c1ccc(/C=C2/CN(c3ccc([N+](=O)[O-])cc3)N(S)S2(=O)=O)cc1. The lowest BCUT2D eigenvalue weighted by Crippen LogP contribution is -2.31. The van der Waals surface area contributed by atoms with Gasteiger partial charge in [-0.15, -0.1) is 0 Å². The number of nitro benzene ring substituents is 1. The number of sulfonamides is 1. The molecule has 174 valence electrons. The van der Waals surface area contributed by atoms with Crippen molar-refractivity contribution in [2.75, 3.05) is 16.9 Å². The number of hydrogen-bond donors (Lipinski definition) is 3. The number of nitrogens with zero attached hydrogens (tertiary/aromatic N) is 3. The smallest absolute Gasteiger partial charge is 0.269 e. The van der Waals surface area contributed by atoms with Gasteiger partial charge in [0.25, 0.3) is 21.6 Å². The van der Waals surface area contributed by atoms with Gasteiger partial charge in [-0.05, 0) is 60.2 Å². The highest BCUT2D eigenvalue weighted by Crippen LogP contribution is 2.34. The van der Waals surface area contributed by atoms with Gasteiger partial charge in [0.2, 0.25) is 0 Å². The van der Waals surface area contributed by atoms with Gasteiger partial charge >= 0.3 is 0 Å². The number of rotatable bonds is 5. The molecular weight excluding hydrogens is 480 g/mol. The summed E-state index contributed by atoms with van der Waals surface area (Å²) in [5, 5.41) is 24.3. The molecule has 0 unspecified atom stereocenters. The molecule has 3 aromatic carbocycles. The maximum absolute atomic E-state index is 12.8.